The zero-order valence-electron chi connectivity index (χ0n) is 17.2. The number of nitrogens with one attached hydrogen (secondary N) is 1. The second-order valence-corrected chi connectivity index (χ2v) is 7.56. The fourth-order valence-corrected chi connectivity index (χ4v) is 3.49. The van der Waals surface area contributed by atoms with Crippen LogP contribution in [0.1, 0.15) is 22.5 Å². The van der Waals surface area contributed by atoms with Gasteiger partial charge in [-0.1, -0.05) is 6.07 Å². The second-order valence-electron chi connectivity index (χ2n) is 7.56. The van der Waals surface area contributed by atoms with Crippen molar-refractivity contribution in [2.24, 2.45) is 0 Å². The third-order valence-corrected chi connectivity index (χ3v) is 5.13. The minimum atomic E-state index is -4.53. The molecule has 0 spiro atoms. The Morgan fingerprint density at radius 1 is 1.22 bits per heavy atom. The molecule has 0 atom stereocenters. The molecular weight excluding hydrogens is 430 g/mol. The highest BCUT2D eigenvalue weighted by Gasteiger charge is 2.30. The lowest BCUT2D eigenvalue weighted by Gasteiger charge is -2.19. The Bertz CT molecular complexity index is 1140. The van der Waals surface area contributed by atoms with Gasteiger partial charge in [0.15, 0.2) is 5.82 Å². The molecule has 1 aromatic carbocycles. The van der Waals surface area contributed by atoms with Crippen LogP contribution in [-0.2, 0) is 11.3 Å². The Labute approximate surface area is 181 Å². The number of aryl methyl sites for hydroxylation is 1. The van der Waals surface area contributed by atoms with E-state index in [0.717, 1.165) is 4.68 Å². The quantitative estimate of drug-likeness (QED) is 0.606. The first-order chi connectivity index (χ1) is 15.2. The highest BCUT2D eigenvalue weighted by Crippen LogP contribution is 2.29. The third-order valence-electron chi connectivity index (χ3n) is 5.13. The molecule has 3 heterocycles. The monoisotopic (exact) mass is 451 g/mol. The van der Waals surface area contributed by atoms with Crippen LogP contribution in [0.15, 0.2) is 30.5 Å². The predicted octanol–water partition coefficient (Wildman–Crippen LogP) is 4.05. The van der Waals surface area contributed by atoms with Gasteiger partial charge in [-0.25, -0.2) is 4.39 Å². The summed E-state index contributed by atoms with van der Waals surface area (Å²) in [7, 11) is 0. The summed E-state index contributed by atoms with van der Waals surface area (Å²) in [6.45, 7) is 2.05. The largest absolute Gasteiger partial charge is 0.408 e. The fraction of sp³-hybridized carbons (Fsp3) is 0.381. The van der Waals surface area contributed by atoms with Crippen molar-refractivity contribution in [2.75, 3.05) is 31.6 Å². The number of amides is 1. The van der Waals surface area contributed by atoms with Gasteiger partial charge in [-0.3, -0.25) is 14.5 Å². The topological polar surface area (TPSA) is 72.3 Å². The zero-order valence-corrected chi connectivity index (χ0v) is 17.2. The summed E-state index contributed by atoms with van der Waals surface area (Å²) in [5.74, 6) is -0.754. The maximum Gasteiger partial charge on any atom is 0.408 e. The number of halogens is 4. The number of alkyl halides is 3. The summed E-state index contributed by atoms with van der Waals surface area (Å²) < 4.78 is 59.5. The van der Waals surface area contributed by atoms with Crippen LogP contribution >= 0.6 is 0 Å². The molecule has 1 aliphatic rings. The van der Waals surface area contributed by atoms with E-state index >= 15 is 0 Å². The number of hydrogen-bond donors (Lipinski definition) is 1. The maximum absolute atomic E-state index is 13.9. The Morgan fingerprint density at radius 3 is 2.78 bits per heavy atom. The number of aromatic nitrogens is 3. The van der Waals surface area contributed by atoms with Crippen LogP contribution in [0.5, 0.6) is 0 Å². The van der Waals surface area contributed by atoms with Gasteiger partial charge in [-0.05, 0) is 37.1 Å². The lowest BCUT2D eigenvalue weighted by Crippen LogP contribution is -2.33. The molecule has 0 aliphatic carbocycles. The standard InChI is InChI=1S/C21H21F4N5O2/c1-13-3-4-14(9-16(13)22)27-19-15-11-26-17(20(31)29-5-2-7-32-8-6-29)10-18(15)30(28-19)12-21(23,24)25/h3-4,9-11H,2,5-8,12H2,1H3,(H,27,28). The van der Waals surface area contributed by atoms with Crippen LogP contribution in [0.2, 0.25) is 0 Å². The number of carbonyl (C=O) groups is 1. The van der Waals surface area contributed by atoms with E-state index in [2.05, 4.69) is 15.4 Å². The molecule has 170 valence electrons. The van der Waals surface area contributed by atoms with Gasteiger partial charge in [0.05, 0.1) is 17.5 Å². The highest BCUT2D eigenvalue weighted by molar-refractivity contribution is 5.98. The average Bonchev–Trinajstić information content (AvgIpc) is 2.91. The maximum atomic E-state index is 13.9. The van der Waals surface area contributed by atoms with Gasteiger partial charge in [0.1, 0.15) is 18.1 Å². The SMILES string of the molecule is Cc1ccc(Nc2nn(CC(F)(F)F)c3cc(C(=O)N4CCCOCC4)ncc23)cc1F. The van der Waals surface area contributed by atoms with Crippen molar-refractivity contribution in [1.82, 2.24) is 19.7 Å². The number of anilines is 2. The summed E-state index contributed by atoms with van der Waals surface area (Å²) in [5.41, 5.74) is 0.889. The molecule has 11 heteroatoms. The van der Waals surface area contributed by atoms with E-state index in [9.17, 15) is 22.4 Å². The normalized spacial score (nSPS) is 15.1. The lowest BCUT2D eigenvalue weighted by molar-refractivity contribution is -0.141. The molecule has 1 saturated heterocycles. The van der Waals surface area contributed by atoms with Gasteiger partial charge in [-0.15, -0.1) is 0 Å². The predicted molar refractivity (Wildman–Crippen MR) is 109 cm³/mol. The minimum absolute atomic E-state index is 0.0238. The van der Waals surface area contributed by atoms with Gasteiger partial charge >= 0.3 is 6.18 Å². The van der Waals surface area contributed by atoms with Crippen LogP contribution in [0.25, 0.3) is 10.9 Å². The highest BCUT2D eigenvalue weighted by atomic mass is 19.4. The molecule has 0 unspecified atom stereocenters. The molecule has 4 rings (SSSR count). The van der Waals surface area contributed by atoms with Crippen molar-refractivity contribution in [3.05, 3.63) is 47.5 Å². The first-order valence-corrected chi connectivity index (χ1v) is 10.0. The van der Waals surface area contributed by atoms with E-state index in [0.29, 0.717) is 44.0 Å². The number of fused-ring (bicyclic) bond motifs is 1. The van der Waals surface area contributed by atoms with Crippen molar-refractivity contribution < 1.29 is 27.1 Å². The van der Waals surface area contributed by atoms with Crippen molar-refractivity contribution in [3.8, 4) is 0 Å². The van der Waals surface area contributed by atoms with E-state index in [1.807, 2.05) is 0 Å². The van der Waals surface area contributed by atoms with E-state index in [4.69, 9.17) is 4.74 Å². The van der Waals surface area contributed by atoms with E-state index in [1.165, 1.54) is 18.3 Å². The second kappa shape index (κ2) is 8.73. The summed E-state index contributed by atoms with van der Waals surface area (Å²) in [5, 5.41) is 7.16. The lowest BCUT2D eigenvalue weighted by atomic mass is 10.2. The molecule has 7 nitrogen and oxygen atoms in total. The van der Waals surface area contributed by atoms with Crippen LogP contribution < -0.4 is 5.32 Å². The van der Waals surface area contributed by atoms with Crippen molar-refractivity contribution in [1.29, 1.82) is 0 Å². The van der Waals surface area contributed by atoms with Gasteiger partial charge in [0, 0.05) is 31.6 Å². The van der Waals surface area contributed by atoms with E-state index < -0.39 is 18.5 Å². The molecule has 1 amide bonds. The molecule has 0 radical (unpaired) electrons. The van der Waals surface area contributed by atoms with E-state index in [1.54, 1.807) is 24.0 Å². The molecule has 2 aromatic heterocycles. The molecular formula is C21H21F4N5O2. The molecule has 1 N–H and O–H groups in total. The number of hydrogen-bond acceptors (Lipinski definition) is 5. The van der Waals surface area contributed by atoms with Gasteiger partial charge in [0.2, 0.25) is 0 Å². The Morgan fingerprint density at radius 2 is 2.03 bits per heavy atom. The zero-order chi connectivity index (χ0) is 22.9. The van der Waals surface area contributed by atoms with Crippen LogP contribution in [0.4, 0.5) is 29.1 Å². The Balaban J connectivity index is 1.72. The third kappa shape index (κ3) is 4.82. The summed E-state index contributed by atoms with van der Waals surface area (Å²) in [4.78, 5) is 18.6. The number of nitrogens with zero attached hydrogens (tertiary/aromatic N) is 4. The van der Waals surface area contributed by atoms with Crippen molar-refractivity contribution >= 4 is 28.3 Å². The van der Waals surface area contributed by atoms with Crippen LogP contribution in [0.3, 0.4) is 0 Å². The van der Waals surface area contributed by atoms with Crippen LogP contribution in [-0.4, -0.2) is 58.1 Å². The fourth-order valence-electron chi connectivity index (χ4n) is 3.49. The summed E-state index contributed by atoms with van der Waals surface area (Å²) in [6.07, 6.45) is -2.55. The average molecular weight is 451 g/mol. The number of ether oxygens (including phenoxy) is 1. The number of rotatable bonds is 4. The van der Waals surface area contributed by atoms with Crippen molar-refractivity contribution in [2.45, 2.75) is 26.1 Å². The molecule has 32 heavy (non-hydrogen) atoms. The Kier molecular flexibility index (Phi) is 6.00. The number of benzene rings is 1. The van der Waals surface area contributed by atoms with E-state index in [-0.39, 0.29) is 28.3 Å². The smallest absolute Gasteiger partial charge is 0.380 e. The number of carbonyl (C=O) groups excluding carboxylic acids is 1. The van der Waals surface area contributed by atoms with Gasteiger partial charge in [0.25, 0.3) is 5.91 Å². The van der Waals surface area contributed by atoms with Crippen molar-refractivity contribution in [3.63, 3.8) is 0 Å². The van der Waals surface area contributed by atoms with Gasteiger partial charge < -0.3 is 15.0 Å². The summed E-state index contributed by atoms with van der Waals surface area (Å²) >= 11 is 0. The first kappa shape index (κ1) is 22.0. The molecule has 0 saturated carbocycles. The first-order valence-electron chi connectivity index (χ1n) is 10.0. The van der Waals surface area contributed by atoms with Gasteiger partial charge in [-0.2, -0.15) is 18.3 Å². The molecule has 1 fully saturated rings. The van der Waals surface area contributed by atoms with Crippen LogP contribution in [0, 0.1) is 12.7 Å². The Hall–Kier alpha value is -3.21. The number of pyridine rings is 1. The molecule has 0 bridgehead atoms. The molecule has 1 aliphatic heterocycles. The summed E-state index contributed by atoms with van der Waals surface area (Å²) in [6, 6.07) is 5.69. The minimum Gasteiger partial charge on any atom is -0.380 e. The molecule has 3 aromatic rings.